The van der Waals surface area contributed by atoms with Crippen LogP contribution in [0.3, 0.4) is 0 Å². The van der Waals surface area contributed by atoms with E-state index in [1.165, 1.54) is 6.07 Å². The maximum Gasteiger partial charge on any atom is 0.417 e. The molecule has 0 bridgehead atoms. The molecule has 4 aliphatic rings. The maximum absolute atomic E-state index is 15.6. The van der Waals surface area contributed by atoms with E-state index in [9.17, 15) is 36.6 Å². The Kier molecular flexibility index (Phi) is 9.66. The maximum atomic E-state index is 15.6. The van der Waals surface area contributed by atoms with Gasteiger partial charge in [-0.3, -0.25) is 4.79 Å². The van der Waals surface area contributed by atoms with E-state index in [-0.39, 0.29) is 46.8 Å². The minimum absolute atomic E-state index is 0.0117. The van der Waals surface area contributed by atoms with Gasteiger partial charge in [0.1, 0.15) is 17.7 Å². The molecule has 0 heterocycles. The number of Topliss-reactive ketones (excluding diaryl/α,β-unsaturated/α-hetero) is 1. The number of rotatable bonds is 9. The molecule has 254 valence electrons. The minimum atomic E-state index is -4.84. The highest BCUT2D eigenvalue weighted by Crippen LogP contribution is 2.69. The fraction of sp³-hybridized carbons (Fsp3) is 0.800. The number of halogens is 4. The minimum Gasteiger partial charge on any atom is -0.393 e. The first-order valence-corrected chi connectivity index (χ1v) is 18.5. The summed E-state index contributed by atoms with van der Waals surface area (Å²) < 4.78 is 81.3. The Morgan fingerprint density at radius 1 is 1.02 bits per heavy atom. The number of hydrogen-bond donors (Lipinski definition) is 2. The monoisotopic (exact) mass is 658 g/mol. The van der Waals surface area contributed by atoms with Gasteiger partial charge in [-0.25, -0.2) is 12.8 Å². The molecule has 1 aromatic rings. The zero-order valence-corrected chi connectivity index (χ0v) is 27.7. The largest absolute Gasteiger partial charge is 0.417 e. The molecule has 4 fully saturated rings. The molecule has 0 radical (unpaired) electrons. The van der Waals surface area contributed by atoms with E-state index in [0.29, 0.717) is 43.6 Å². The smallest absolute Gasteiger partial charge is 0.393 e. The molecule has 0 amide bonds. The van der Waals surface area contributed by atoms with E-state index in [1.807, 2.05) is 6.92 Å². The molecule has 45 heavy (non-hydrogen) atoms. The highest BCUT2D eigenvalue weighted by molar-refractivity contribution is 7.92. The lowest BCUT2D eigenvalue weighted by atomic mass is 9.41. The molecule has 0 spiro atoms. The number of aliphatic hydroxyl groups excluding tert-OH is 2. The van der Waals surface area contributed by atoms with E-state index < -0.39 is 56.4 Å². The lowest BCUT2D eigenvalue weighted by molar-refractivity contribution is -0.222. The average molecular weight is 659 g/mol. The van der Waals surface area contributed by atoms with Crippen molar-refractivity contribution in [3.8, 4) is 0 Å². The number of hydrogen-bond acceptors (Lipinski definition) is 5. The van der Waals surface area contributed by atoms with E-state index in [0.717, 1.165) is 44.2 Å². The van der Waals surface area contributed by atoms with E-state index >= 15 is 4.39 Å². The predicted molar refractivity (Wildman–Crippen MR) is 164 cm³/mol. The molecule has 0 aromatic heterocycles. The van der Waals surface area contributed by atoms with Crippen molar-refractivity contribution >= 4 is 15.6 Å². The molecule has 10 heteroatoms. The lowest BCUT2D eigenvalue weighted by Crippen LogP contribution is -2.65. The quantitative estimate of drug-likeness (QED) is 0.270. The lowest BCUT2D eigenvalue weighted by Gasteiger charge is -2.65. The van der Waals surface area contributed by atoms with Crippen LogP contribution < -0.4 is 0 Å². The van der Waals surface area contributed by atoms with Crippen molar-refractivity contribution in [2.24, 2.45) is 52.3 Å². The van der Waals surface area contributed by atoms with Crippen LogP contribution >= 0.6 is 0 Å². The number of ketones is 1. The van der Waals surface area contributed by atoms with Crippen molar-refractivity contribution in [2.45, 2.75) is 121 Å². The van der Waals surface area contributed by atoms with E-state index in [2.05, 4.69) is 20.8 Å². The summed E-state index contributed by atoms with van der Waals surface area (Å²) in [4.78, 5) is 11.8. The van der Waals surface area contributed by atoms with Crippen LogP contribution in [0.4, 0.5) is 17.6 Å². The van der Waals surface area contributed by atoms with Crippen LogP contribution in [0.1, 0.15) is 97.5 Å². The molecule has 5 nitrogen and oxygen atoms in total. The fourth-order valence-electron chi connectivity index (χ4n) is 11.1. The summed E-state index contributed by atoms with van der Waals surface area (Å²) in [6.45, 7) is 8.73. The summed E-state index contributed by atoms with van der Waals surface area (Å²) in [7, 11) is -4.44. The average Bonchev–Trinajstić information content (AvgIpc) is 3.32. The number of fused-ring (bicyclic) bond motifs is 5. The Hall–Kier alpha value is -1.52. The molecule has 1 aromatic carbocycles. The number of benzene rings is 1. The molecule has 4 aliphatic carbocycles. The summed E-state index contributed by atoms with van der Waals surface area (Å²) in [5.74, 6) is -0.862. The van der Waals surface area contributed by atoms with Crippen molar-refractivity contribution in [1.29, 1.82) is 0 Å². The Bertz CT molecular complexity index is 1350. The number of sulfone groups is 1. The normalized spacial score (nSPS) is 40.7. The molecule has 5 rings (SSSR count). The van der Waals surface area contributed by atoms with Crippen LogP contribution in [0.15, 0.2) is 29.2 Å². The number of alkyl halides is 4. The van der Waals surface area contributed by atoms with Crippen LogP contribution in [-0.2, 0) is 20.8 Å². The highest BCUT2D eigenvalue weighted by Gasteiger charge is 2.66. The second-order valence-corrected chi connectivity index (χ2v) is 17.3. The zero-order valence-electron chi connectivity index (χ0n) is 26.9. The third-order valence-electron chi connectivity index (χ3n) is 13.2. The molecule has 0 aliphatic heterocycles. The van der Waals surface area contributed by atoms with Gasteiger partial charge in [0.2, 0.25) is 0 Å². The summed E-state index contributed by atoms with van der Waals surface area (Å²) in [5, 5.41) is 22.3. The fourth-order valence-corrected chi connectivity index (χ4v) is 12.6. The molecule has 0 saturated heterocycles. The zero-order chi connectivity index (χ0) is 33.1. The van der Waals surface area contributed by atoms with Crippen molar-refractivity contribution in [1.82, 2.24) is 0 Å². The molecular formula is C35H50F4O5S. The predicted octanol–water partition coefficient (Wildman–Crippen LogP) is 7.43. The summed E-state index contributed by atoms with van der Waals surface area (Å²) in [6, 6.07) is 3.97. The van der Waals surface area contributed by atoms with Gasteiger partial charge in [-0.05, 0) is 103 Å². The summed E-state index contributed by atoms with van der Waals surface area (Å²) >= 11 is 0. The summed E-state index contributed by atoms with van der Waals surface area (Å²) in [5.41, 5.74) is -1.52. The van der Waals surface area contributed by atoms with Gasteiger partial charge in [0.05, 0.1) is 22.7 Å². The first-order valence-electron chi connectivity index (χ1n) is 16.9. The third kappa shape index (κ3) is 6.03. The van der Waals surface area contributed by atoms with Gasteiger partial charge in [0, 0.05) is 12.3 Å². The van der Waals surface area contributed by atoms with Crippen LogP contribution in [-0.4, -0.2) is 48.5 Å². The van der Waals surface area contributed by atoms with Gasteiger partial charge in [-0.15, -0.1) is 0 Å². The Labute approximate surface area is 265 Å². The van der Waals surface area contributed by atoms with Gasteiger partial charge in [-0.2, -0.15) is 13.2 Å². The second kappa shape index (κ2) is 12.5. The molecule has 4 unspecified atom stereocenters. The van der Waals surface area contributed by atoms with Crippen LogP contribution in [0.2, 0.25) is 0 Å². The van der Waals surface area contributed by atoms with Crippen molar-refractivity contribution in [3.63, 3.8) is 0 Å². The van der Waals surface area contributed by atoms with E-state index in [1.54, 1.807) is 0 Å². The number of aliphatic hydroxyl groups is 2. The highest BCUT2D eigenvalue weighted by atomic mass is 32.2. The van der Waals surface area contributed by atoms with Crippen LogP contribution in [0.25, 0.3) is 0 Å². The Morgan fingerprint density at radius 2 is 1.67 bits per heavy atom. The Balaban J connectivity index is 1.23. The van der Waals surface area contributed by atoms with Crippen molar-refractivity contribution in [2.75, 3.05) is 5.75 Å². The third-order valence-corrected chi connectivity index (χ3v) is 14.9. The van der Waals surface area contributed by atoms with Gasteiger partial charge in [0.15, 0.2) is 9.84 Å². The van der Waals surface area contributed by atoms with Crippen LogP contribution in [0, 0.1) is 52.3 Å². The standard InChI is InChI=1S/C35H50F4O5S/c1-5-22-30-31(36)27(41)16-18-34(30,4)26-15-17-33(3)23(13-14-25(33)29(26)32(22)42)20(2)9-8-10-21(40)19-45(43,44)28-12-7-6-11-24(28)35(37,38)39/h6-7,11-12,20,22-23,25-27,29-32,41-42H,5,8-10,13-19H2,1-4H3/t20-,22-,23?,25?,26?,27-,29?,30-,31+,32-,33-,34-/m1/s1. The number of carbonyl (C=O) groups is 1. The first kappa shape index (κ1) is 34.8. The summed E-state index contributed by atoms with van der Waals surface area (Å²) in [6.07, 6.45) is -0.789. The number of carbonyl (C=O) groups excluding carboxylic acids is 1. The van der Waals surface area contributed by atoms with Gasteiger partial charge < -0.3 is 10.2 Å². The van der Waals surface area contributed by atoms with Gasteiger partial charge >= 0.3 is 6.18 Å². The molecule has 4 saturated carbocycles. The van der Waals surface area contributed by atoms with Crippen molar-refractivity contribution < 1.29 is 41.0 Å². The van der Waals surface area contributed by atoms with Gasteiger partial charge in [-0.1, -0.05) is 52.7 Å². The van der Waals surface area contributed by atoms with E-state index in [4.69, 9.17) is 0 Å². The van der Waals surface area contributed by atoms with Crippen molar-refractivity contribution in [3.05, 3.63) is 29.8 Å². The van der Waals surface area contributed by atoms with Gasteiger partial charge in [0.25, 0.3) is 0 Å². The first-order chi connectivity index (χ1) is 21.0. The Morgan fingerprint density at radius 3 is 2.33 bits per heavy atom. The molecular weight excluding hydrogens is 608 g/mol. The molecule has 12 atom stereocenters. The second-order valence-electron chi connectivity index (χ2n) is 15.3. The topological polar surface area (TPSA) is 91.7 Å². The van der Waals surface area contributed by atoms with Crippen LogP contribution in [0.5, 0.6) is 0 Å². The SMILES string of the molecule is CC[C@@H]1[C@@H]2[C@@H](F)[C@H](O)CC[C@]2(C)C2CC[C@@]3(C)C(CCC3[C@H](C)CCCC(=O)CS(=O)(=O)c3ccccc3C(F)(F)F)C2[C@@H]1O. The molecule has 2 N–H and O–H groups in total.